The molecule has 1 aliphatic carbocycles. The standard InChI is InChI=1S/C8H10Cl2O2/c1-8(2)5(3-6(9)10)7(8)12-4-11/h3-5,7H,1-2H3/t5?,7-/m0/s1. The van der Waals surface area contributed by atoms with Gasteiger partial charge in [0.15, 0.2) is 0 Å². The third kappa shape index (κ3) is 1.75. The minimum absolute atomic E-state index is 0.0318. The van der Waals surface area contributed by atoms with Crippen molar-refractivity contribution in [3.63, 3.8) is 0 Å². The first kappa shape index (κ1) is 9.87. The second kappa shape index (κ2) is 3.27. The van der Waals surface area contributed by atoms with Crippen molar-refractivity contribution in [1.29, 1.82) is 0 Å². The summed E-state index contributed by atoms with van der Waals surface area (Å²) < 4.78 is 5.07. The van der Waals surface area contributed by atoms with Crippen LogP contribution in [-0.2, 0) is 9.53 Å². The van der Waals surface area contributed by atoms with Gasteiger partial charge in [-0.3, -0.25) is 4.79 Å². The fourth-order valence-corrected chi connectivity index (χ4v) is 1.66. The van der Waals surface area contributed by atoms with E-state index in [0.29, 0.717) is 6.47 Å². The van der Waals surface area contributed by atoms with Crippen molar-refractivity contribution >= 4 is 29.7 Å². The summed E-state index contributed by atoms with van der Waals surface area (Å²) in [6, 6.07) is 0. The van der Waals surface area contributed by atoms with Crippen LogP contribution in [0.1, 0.15) is 13.8 Å². The van der Waals surface area contributed by atoms with Crippen LogP contribution < -0.4 is 0 Å². The average Bonchev–Trinajstić information content (AvgIpc) is 2.39. The Balaban J connectivity index is 2.60. The molecule has 1 aliphatic rings. The first-order valence-electron chi connectivity index (χ1n) is 3.62. The molecule has 0 aromatic heterocycles. The lowest BCUT2D eigenvalue weighted by Gasteiger charge is -1.97. The van der Waals surface area contributed by atoms with Crippen molar-refractivity contribution in [3.05, 3.63) is 10.6 Å². The molecule has 0 aromatic rings. The third-order valence-electron chi connectivity index (χ3n) is 2.32. The smallest absolute Gasteiger partial charge is 0.293 e. The molecule has 0 N–H and O–H groups in total. The Bertz CT molecular complexity index is 219. The topological polar surface area (TPSA) is 26.3 Å². The van der Waals surface area contributed by atoms with Gasteiger partial charge in [0.25, 0.3) is 6.47 Å². The van der Waals surface area contributed by atoms with Crippen molar-refractivity contribution in [3.8, 4) is 0 Å². The molecule has 4 heteroatoms. The number of rotatable bonds is 3. The minimum atomic E-state index is -0.0810. The molecule has 0 radical (unpaired) electrons. The summed E-state index contributed by atoms with van der Waals surface area (Å²) in [4.78, 5) is 10.1. The molecule has 0 spiro atoms. The zero-order chi connectivity index (χ0) is 9.35. The van der Waals surface area contributed by atoms with Crippen LogP contribution in [0.4, 0.5) is 0 Å². The SMILES string of the molecule is CC1(C)C(C=C(Cl)Cl)[C@@H]1OC=O. The van der Waals surface area contributed by atoms with Gasteiger partial charge in [-0.25, -0.2) is 0 Å². The lowest BCUT2D eigenvalue weighted by Crippen LogP contribution is -1.98. The molecule has 68 valence electrons. The number of ether oxygens (including phenoxy) is 1. The van der Waals surface area contributed by atoms with Crippen molar-refractivity contribution < 1.29 is 9.53 Å². The molecular formula is C8H10Cl2O2. The summed E-state index contributed by atoms with van der Waals surface area (Å²) in [7, 11) is 0. The number of carbonyl (C=O) groups excluding carboxylic acids is 1. The maximum atomic E-state index is 10.1. The predicted octanol–water partition coefficient (Wildman–Crippen LogP) is 2.50. The normalized spacial score (nSPS) is 30.7. The fraction of sp³-hybridized carbons (Fsp3) is 0.625. The summed E-state index contributed by atoms with van der Waals surface area (Å²) in [6.45, 7) is 4.46. The third-order valence-corrected chi connectivity index (χ3v) is 2.57. The van der Waals surface area contributed by atoms with Gasteiger partial charge in [0.05, 0.1) is 0 Å². The first-order chi connectivity index (χ1) is 5.50. The Morgan fingerprint density at radius 2 is 2.08 bits per heavy atom. The molecule has 0 saturated heterocycles. The summed E-state index contributed by atoms with van der Waals surface area (Å²) in [6.07, 6.45) is 1.62. The van der Waals surface area contributed by atoms with E-state index in [0.717, 1.165) is 0 Å². The molecule has 0 bridgehead atoms. The van der Waals surface area contributed by atoms with Crippen molar-refractivity contribution in [2.45, 2.75) is 20.0 Å². The Hall–Kier alpha value is -0.210. The molecule has 2 atom stereocenters. The van der Waals surface area contributed by atoms with E-state index in [2.05, 4.69) is 0 Å². The summed E-state index contributed by atoms with van der Waals surface area (Å²) in [5.41, 5.74) is -0.0318. The highest BCUT2D eigenvalue weighted by Crippen LogP contribution is 2.55. The Morgan fingerprint density at radius 1 is 1.50 bits per heavy atom. The zero-order valence-corrected chi connectivity index (χ0v) is 8.39. The van der Waals surface area contributed by atoms with Crippen molar-refractivity contribution in [2.75, 3.05) is 0 Å². The van der Waals surface area contributed by atoms with Crippen LogP contribution in [0.2, 0.25) is 0 Å². The second-order valence-electron chi connectivity index (χ2n) is 3.46. The van der Waals surface area contributed by atoms with Gasteiger partial charge in [0, 0.05) is 11.3 Å². The molecular weight excluding hydrogens is 199 g/mol. The van der Waals surface area contributed by atoms with Gasteiger partial charge >= 0.3 is 0 Å². The van der Waals surface area contributed by atoms with Crippen LogP contribution in [0.15, 0.2) is 10.6 Å². The van der Waals surface area contributed by atoms with Gasteiger partial charge in [-0.05, 0) is 6.08 Å². The highest BCUT2D eigenvalue weighted by molar-refractivity contribution is 6.55. The van der Waals surface area contributed by atoms with E-state index >= 15 is 0 Å². The van der Waals surface area contributed by atoms with Crippen LogP contribution in [0, 0.1) is 11.3 Å². The molecule has 0 aromatic carbocycles. The lowest BCUT2D eigenvalue weighted by molar-refractivity contribution is -0.130. The second-order valence-corrected chi connectivity index (χ2v) is 4.46. The van der Waals surface area contributed by atoms with E-state index in [1.54, 1.807) is 6.08 Å². The van der Waals surface area contributed by atoms with Gasteiger partial charge in [0.1, 0.15) is 10.6 Å². The summed E-state index contributed by atoms with van der Waals surface area (Å²) in [5.74, 6) is 0.146. The monoisotopic (exact) mass is 208 g/mol. The van der Waals surface area contributed by atoms with E-state index in [9.17, 15) is 4.79 Å². The number of halogens is 2. The summed E-state index contributed by atoms with van der Waals surface area (Å²) >= 11 is 11.0. The van der Waals surface area contributed by atoms with Gasteiger partial charge in [0.2, 0.25) is 0 Å². The van der Waals surface area contributed by atoms with Crippen LogP contribution in [-0.4, -0.2) is 12.6 Å². The van der Waals surface area contributed by atoms with Gasteiger partial charge in [-0.2, -0.15) is 0 Å². The van der Waals surface area contributed by atoms with Crippen molar-refractivity contribution in [1.82, 2.24) is 0 Å². The van der Waals surface area contributed by atoms with Crippen molar-refractivity contribution in [2.24, 2.45) is 11.3 Å². The molecule has 1 saturated carbocycles. The lowest BCUT2D eigenvalue weighted by atomic mass is 10.1. The molecule has 1 fully saturated rings. The molecule has 12 heavy (non-hydrogen) atoms. The average molecular weight is 209 g/mol. The Kier molecular flexibility index (Phi) is 2.69. The first-order valence-corrected chi connectivity index (χ1v) is 4.37. The largest absolute Gasteiger partial charge is 0.463 e. The van der Waals surface area contributed by atoms with E-state index < -0.39 is 0 Å². The predicted molar refractivity (Wildman–Crippen MR) is 48.0 cm³/mol. The molecule has 2 nitrogen and oxygen atoms in total. The molecule has 0 amide bonds. The van der Waals surface area contributed by atoms with E-state index in [1.165, 1.54) is 0 Å². The maximum Gasteiger partial charge on any atom is 0.293 e. The van der Waals surface area contributed by atoms with Gasteiger partial charge in [-0.15, -0.1) is 0 Å². The van der Waals surface area contributed by atoms with Crippen LogP contribution >= 0.6 is 23.2 Å². The Labute approximate surface area is 81.5 Å². The highest BCUT2D eigenvalue weighted by Gasteiger charge is 2.59. The van der Waals surface area contributed by atoms with Crippen LogP contribution in [0.3, 0.4) is 0 Å². The molecule has 0 aliphatic heterocycles. The van der Waals surface area contributed by atoms with Crippen LogP contribution in [0.25, 0.3) is 0 Å². The number of hydrogen-bond donors (Lipinski definition) is 0. The molecule has 1 unspecified atom stereocenters. The van der Waals surface area contributed by atoms with Gasteiger partial charge < -0.3 is 4.74 Å². The number of hydrogen-bond acceptors (Lipinski definition) is 2. The van der Waals surface area contributed by atoms with E-state index in [4.69, 9.17) is 27.9 Å². The minimum Gasteiger partial charge on any atom is -0.463 e. The van der Waals surface area contributed by atoms with Crippen LogP contribution in [0.5, 0.6) is 0 Å². The summed E-state index contributed by atoms with van der Waals surface area (Å²) in [5, 5.41) is 0. The molecule has 1 rings (SSSR count). The molecule has 0 heterocycles. The quantitative estimate of drug-likeness (QED) is 0.667. The number of carbonyl (C=O) groups is 1. The maximum absolute atomic E-state index is 10.1. The zero-order valence-electron chi connectivity index (χ0n) is 6.88. The fourth-order valence-electron chi connectivity index (χ4n) is 1.39. The van der Waals surface area contributed by atoms with Gasteiger partial charge in [-0.1, -0.05) is 37.0 Å². The van der Waals surface area contributed by atoms with E-state index in [-0.39, 0.29) is 21.9 Å². The Morgan fingerprint density at radius 3 is 2.50 bits per heavy atom. The highest BCUT2D eigenvalue weighted by atomic mass is 35.5. The van der Waals surface area contributed by atoms with E-state index in [1.807, 2.05) is 13.8 Å².